The van der Waals surface area contributed by atoms with Crippen molar-refractivity contribution in [2.45, 2.75) is 44.3 Å². The fourth-order valence-electron chi connectivity index (χ4n) is 2.60. The predicted molar refractivity (Wildman–Crippen MR) is 42.3 cm³/mol. The van der Waals surface area contributed by atoms with E-state index < -0.39 is 0 Å². The van der Waals surface area contributed by atoms with E-state index in [9.17, 15) is 0 Å². The molecular formula is C9H16O2. The summed E-state index contributed by atoms with van der Waals surface area (Å²) in [6, 6.07) is 0. The summed E-state index contributed by atoms with van der Waals surface area (Å²) in [6.07, 6.45) is 3.33. The Balaban J connectivity index is 2.22. The van der Waals surface area contributed by atoms with Crippen LogP contribution in [-0.4, -0.2) is 22.9 Å². The zero-order valence-electron chi connectivity index (χ0n) is 7.26. The molecule has 2 aliphatic rings. The first-order valence-corrected chi connectivity index (χ1v) is 4.39. The molecule has 2 nitrogen and oxygen atoms in total. The van der Waals surface area contributed by atoms with Crippen LogP contribution in [0.15, 0.2) is 0 Å². The summed E-state index contributed by atoms with van der Waals surface area (Å²) in [6.45, 7) is 4.58. The van der Waals surface area contributed by atoms with Gasteiger partial charge in [-0.1, -0.05) is 0 Å². The van der Waals surface area contributed by atoms with Crippen molar-refractivity contribution in [1.82, 2.24) is 0 Å². The molecule has 3 atom stereocenters. The zero-order chi connectivity index (χ0) is 8.11. The van der Waals surface area contributed by atoms with Crippen molar-refractivity contribution >= 4 is 0 Å². The number of fused-ring (bicyclic) bond motifs is 2. The van der Waals surface area contributed by atoms with Crippen molar-refractivity contribution in [3.63, 3.8) is 0 Å². The average molecular weight is 156 g/mol. The van der Waals surface area contributed by atoms with Crippen LogP contribution in [0.2, 0.25) is 0 Å². The summed E-state index contributed by atoms with van der Waals surface area (Å²) < 4.78 is 5.89. The summed E-state index contributed by atoms with van der Waals surface area (Å²) in [5, 5.41) is 9.09. The third-order valence-corrected chi connectivity index (χ3v) is 3.39. The van der Waals surface area contributed by atoms with Crippen molar-refractivity contribution in [1.29, 1.82) is 0 Å². The van der Waals surface area contributed by atoms with E-state index in [0.717, 1.165) is 12.8 Å². The lowest BCUT2D eigenvalue weighted by Gasteiger charge is -2.27. The Bertz CT molecular complexity index is 180. The predicted octanol–water partition coefficient (Wildman–Crippen LogP) is 1.33. The molecule has 2 heterocycles. The highest BCUT2D eigenvalue weighted by molar-refractivity contribution is 5.05. The van der Waals surface area contributed by atoms with Gasteiger partial charge in [0.05, 0.1) is 11.2 Å². The lowest BCUT2D eigenvalue weighted by atomic mass is 9.76. The van der Waals surface area contributed by atoms with Crippen LogP contribution in [-0.2, 0) is 4.74 Å². The monoisotopic (exact) mass is 156 g/mol. The van der Waals surface area contributed by atoms with Gasteiger partial charge in [0, 0.05) is 12.5 Å². The van der Waals surface area contributed by atoms with Gasteiger partial charge in [0.2, 0.25) is 0 Å². The molecule has 0 aromatic heterocycles. The van der Waals surface area contributed by atoms with E-state index >= 15 is 0 Å². The normalized spacial score (nSPS) is 55.4. The molecular weight excluding hydrogens is 140 g/mol. The van der Waals surface area contributed by atoms with Crippen LogP contribution >= 0.6 is 0 Å². The minimum atomic E-state index is -0.0104. The van der Waals surface area contributed by atoms with E-state index in [1.54, 1.807) is 0 Å². The molecule has 0 amide bonds. The molecule has 11 heavy (non-hydrogen) atoms. The highest BCUT2D eigenvalue weighted by Crippen LogP contribution is 2.53. The zero-order valence-corrected chi connectivity index (χ0v) is 7.26. The van der Waals surface area contributed by atoms with Gasteiger partial charge in [-0.15, -0.1) is 0 Å². The first-order valence-electron chi connectivity index (χ1n) is 4.39. The standard InChI is InChI=1S/C9H16O2/c1-8-3-4-9(2,11-8)7(5-8)6-10/h7,10H,3-6H2,1-2H3. The number of aliphatic hydroxyl groups excluding tert-OH is 1. The molecule has 0 aromatic rings. The van der Waals surface area contributed by atoms with E-state index in [2.05, 4.69) is 13.8 Å². The summed E-state index contributed by atoms with van der Waals surface area (Å²) in [5.74, 6) is 0.376. The molecule has 0 saturated carbocycles. The largest absolute Gasteiger partial charge is 0.396 e. The van der Waals surface area contributed by atoms with Gasteiger partial charge in [-0.05, 0) is 33.1 Å². The maximum atomic E-state index is 9.09. The molecule has 64 valence electrons. The van der Waals surface area contributed by atoms with Crippen LogP contribution in [0.25, 0.3) is 0 Å². The van der Waals surface area contributed by atoms with Crippen LogP contribution in [0, 0.1) is 5.92 Å². The quantitative estimate of drug-likeness (QED) is 0.620. The van der Waals surface area contributed by atoms with Gasteiger partial charge < -0.3 is 9.84 Å². The van der Waals surface area contributed by atoms with Crippen molar-refractivity contribution in [3.8, 4) is 0 Å². The van der Waals surface area contributed by atoms with Crippen LogP contribution in [0.4, 0.5) is 0 Å². The first-order chi connectivity index (χ1) is 5.08. The molecule has 2 rings (SSSR count). The molecule has 1 N–H and O–H groups in total. The Morgan fingerprint density at radius 3 is 2.45 bits per heavy atom. The van der Waals surface area contributed by atoms with Gasteiger partial charge in [0.25, 0.3) is 0 Å². The number of aliphatic hydroxyl groups is 1. The summed E-state index contributed by atoms with van der Waals surface area (Å²) in [4.78, 5) is 0. The second-order valence-corrected chi connectivity index (χ2v) is 4.45. The molecule has 0 spiro atoms. The Morgan fingerprint density at radius 2 is 2.18 bits per heavy atom. The third kappa shape index (κ3) is 0.926. The Labute approximate surface area is 67.6 Å². The van der Waals surface area contributed by atoms with Gasteiger partial charge in [0.15, 0.2) is 0 Å². The number of hydrogen-bond acceptors (Lipinski definition) is 2. The topological polar surface area (TPSA) is 29.5 Å². The SMILES string of the molecule is CC12CCC(C)(O1)C(CO)C2. The van der Waals surface area contributed by atoms with Crippen LogP contribution < -0.4 is 0 Å². The first kappa shape index (κ1) is 7.56. The van der Waals surface area contributed by atoms with E-state index in [1.165, 1.54) is 6.42 Å². The molecule has 0 aromatic carbocycles. The molecule has 3 unspecified atom stereocenters. The minimum Gasteiger partial charge on any atom is -0.396 e. The Morgan fingerprint density at radius 1 is 1.45 bits per heavy atom. The average Bonchev–Trinajstić information content (AvgIpc) is 2.36. The highest BCUT2D eigenvalue weighted by atomic mass is 16.5. The maximum absolute atomic E-state index is 9.09. The van der Waals surface area contributed by atoms with Gasteiger partial charge in [-0.25, -0.2) is 0 Å². The van der Waals surface area contributed by atoms with Gasteiger partial charge in [-0.2, -0.15) is 0 Å². The van der Waals surface area contributed by atoms with E-state index in [4.69, 9.17) is 9.84 Å². The van der Waals surface area contributed by atoms with Crippen molar-refractivity contribution < 1.29 is 9.84 Å². The molecule has 2 saturated heterocycles. The van der Waals surface area contributed by atoms with Gasteiger partial charge in [-0.3, -0.25) is 0 Å². The summed E-state index contributed by atoms with van der Waals surface area (Å²) in [5.41, 5.74) is 0.0750. The van der Waals surface area contributed by atoms with Crippen LogP contribution in [0.3, 0.4) is 0 Å². The molecule has 0 aliphatic carbocycles. The van der Waals surface area contributed by atoms with Crippen molar-refractivity contribution in [3.05, 3.63) is 0 Å². The molecule has 2 aliphatic heterocycles. The van der Waals surface area contributed by atoms with Crippen molar-refractivity contribution in [2.24, 2.45) is 5.92 Å². The number of hydrogen-bond donors (Lipinski definition) is 1. The summed E-state index contributed by atoms with van der Waals surface area (Å²) in [7, 11) is 0. The van der Waals surface area contributed by atoms with E-state index in [0.29, 0.717) is 5.92 Å². The molecule has 2 bridgehead atoms. The van der Waals surface area contributed by atoms with Crippen molar-refractivity contribution in [2.75, 3.05) is 6.61 Å². The smallest absolute Gasteiger partial charge is 0.0713 e. The van der Waals surface area contributed by atoms with Crippen LogP contribution in [0.1, 0.15) is 33.1 Å². The van der Waals surface area contributed by atoms with Crippen LogP contribution in [0.5, 0.6) is 0 Å². The molecule has 2 heteroatoms. The highest BCUT2D eigenvalue weighted by Gasteiger charge is 2.55. The van der Waals surface area contributed by atoms with E-state index in [-0.39, 0.29) is 17.8 Å². The number of ether oxygens (including phenoxy) is 1. The lowest BCUT2D eigenvalue weighted by molar-refractivity contribution is -0.0431. The van der Waals surface area contributed by atoms with E-state index in [1.807, 2.05) is 0 Å². The summed E-state index contributed by atoms with van der Waals surface area (Å²) >= 11 is 0. The minimum absolute atomic E-state index is 0.0104. The second kappa shape index (κ2) is 1.99. The fourth-order valence-corrected chi connectivity index (χ4v) is 2.60. The number of rotatable bonds is 1. The third-order valence-electron chi connectivity index (χ3n) is 3.39. The fraction of sp³-hybridized carbons (Fsp3) is 1.00. The molecule has 2 fully saturated rings. The maximum Gasteiger partial charge on any atom is 0.0713 e. The second-order valence-electron chi connectivity index (χ2n) is 4.45. The Hall–Kier alpha value is -0.0800. The molecule has 0 radical (unpaired) electrons. The Kier molecular flexibility index (Phi) is 1.37. The van der Waals surface area contributed by atoms with Gasteiger partial charge in [0.1, 0.15) is 0 Å². The van der Waals surface area contributed by atoms with Gasteiger partial charge >= 0.3 is 0 Å². The lowest BCUT2D eigenvalue weighted by Crippen LogP contribution is -2.32.